The summed E-state index contributed by atoms with van der Waals surface area (Å²) in [5, 5.41) is 3.62. The van der Waals surface area contributed by atoms with Gasteiger partial charge in [0.15, 0.2) is 0 Å². The fraction of sp³-hybridized carbons (Fsp3) is 0.303. The van der Waals surface area contributed by atoms with Crippen molar-refractivity contribution >= 4 is 29.4 Å². The number of imidazole rings is 1. The average Bonchev–Trinajstić information content (AvgIpc) is 3.41. The lowest BCUT2D eigenvalue weighted by Gasteiger charge is -2.30. The maximum atomic E-state index is 13.6. The highest BCUT2D eigenvalue weighted by Crippen LogP contribution is 2.26. The molecule has 1 aliphatic heterocycles. The summed E-state index contributed by atoms with van der Waals surface area (Å²) < 4.78 is 7.33. The highest BCUT2D eigenvalue weighted by molar-refractivity contribution is 6.30. The van der Waals surface area contributed by atoms with E-state index in [1.807, 2.05) is 78.4 Å². The van der Waals surface area contributed by atoms with Crippen LogP contribution in [0.4, 0.5) is 5.95 Å². The van der Waals surface area contributed by atoms with Crippen molar-refractivity contribution in [1.82, 2.24) is 19.4 Å². The van der Waals surface area contributed by atoms with Crippen molar-refractivity contribution in [3.8, 4) is 16.9 Å². The smallest absolute Gasteiger partial charge is 0.254 e. The molecular weight excluding hydrogens is 550 g/mol. The van der Waals surface area contributed by atoms with Crippen molar-refractivity contribution in [2.24, 2.45) is 0 Å². The average molecular weight is 586 g/mol. The number of carbonyl (C=O) groups excluding carboxylic acids is 2. The number of nitrogens with zero attached hydrogens (tertiary/aromatic N) is 4. The molecule has 0 spiro atoms. The molecule has 0 bridgehead atoms. The molecule has 1 aliphatic rings. The second-order valence-electron chi connectivity index (χ2n) is 10.7. The first-order valence-electron chi connectivity index (χ1n) is 14.2. The van der Waals surface area contributed by atoms with Crippen LogP contribution in [0.5, 0.6) is 0 Å². The zero-order chi connectivity index (χ0) is 29.6. The van der Waals surface area contributed by atoms with Gasteiger partial charge in [0, 0.05) is 54.2 Å². The lowest BCUT2D eigenvalue weighted by molar-refractivity contribution is -0.117. The molecule has 1 aromatic heterocycles. The molecule has 1 fully saturated rings. The summed E-state index contributed by atoms with van der Waals surface area (Å²) >= 11 is 6.11. The molecule has 8 nitrogen and oxygen atoms in total. The maximum absolute atomic E-state index is 13.6. The van der Waals surface area contributed by atoms with Crippen LogP contribution in [0.3, 0.4) is 0 Å². The number of aromatic nitrogens is 2. The number of morpholine rings is 1. The molecule has 2 heterocycles. The van der Waals surface area contributed by atoms with Gasteiger partial charge in [-0.05, 0) is 68.3 Å². The summed E-state index contributed by atoms with van der Waals surface area (Å²) in [6.07, 6.45) is 1.90. The highest BCUT2D eigenvalue weighted by atomic mass is 35.5. The van der Waals surface area contributed by atoms with Crippen LogP contribution in [0.15, 0.2) is 72.9 Å². The second kappa shape index (κ2) is 13.3. The van der Waals surface area contributed by atoms with Gasteiger partial charge in [-0.2, -0.15) is 0 Å². The maximum Gasteiger partial charge on any atom is 0.254 e. The van der Waals surface area contributed by atoms with Crippen molar-refractivity contribution in [2.75, 3.05) is 51.3 Å². The van der Waals surface area contributed by atoms with Gasteiger partial charge in [0.2, 0.25) is 11.9 Å². The summed E-state index contributed by atoms with van der Waals surface area (Å²) in [4.78, 5) is 35.8. The first kappa shape index (κ1) is 29.5. The molecule has 3 aromatic carbocycles. The molecule has 2 amide bonds. The van der Waals surface area contributed by atoms with Gasteiger partial charge in [-0.3, -0.25) is 24.4 Å². The third-order valence-corrected chi connectivity index (χ3v) is 7.83. The fourth-order valence-electron chi connectivity index (χ4n) is 4.86. The number of halogens is 1. The predicted octanol–water partition coefficient (Wildman–Crippen LogP) is 5.53. The zero-order valence-electron chi connectivity index (χ0n) is 24.3. The van der Waals surface area contributed by atoms with Gasteiger partial charge in [-0.25, -0.2) is 4.98 Å². The number of nitrogens with one attached hydrogen (secondary N) is 1. The van der Waals surface area contributed by atoms with Gasteiger partial charge in [0.05, 0.1) is 18.9 Å². The van der Waals surface area contributed by atoms with Crippen LogP contribution in [-0.4, -0.2) is 77.1 Å². The number of ether oxygens (including phenoxy) is 1. The summed E-state index contributed by atoms with van der Waals surface area (Å²) in [7, 11) is 0. The van der Waals surface area contributed by atoms with Crippen LogP contribution < -0.4 is 5.32 Å². The van der Waals surface area contributed by atoms with Gasteiger partial charge in [-0.15, -0.1) is 0 Å². The Morgan fingerprint density at radius 3 is 2.36 bits per heavy atom. The van der Waals surface area contributed by atoms with Crippen LogP contribution in [-0.2, 0) is 9.53 Å². The largest absolute Gasteiger partial charge is 0.379 e. The Morgan fingerprint density at radius 1 is 0.952 bits per heavy atom. The number of anilines is 1. The van der Waals surface area contributed by atoms with Crippen LogP contribution >= 0.6 is 11.6 Å². The van der Waals surface area contributed by atoms with E-state index >= 15 is 0 Å². The molecule has 9 heteroatoms. The van der Waals surface area contributed by atoms with E-state index in [1.165, 1.54) is 5.56 Å². The van der Waals surface area contributed by atoms with E-state index in [-0.39, 0.29) is 18.4 Å². The van der Waals surface area contributed by atoms with E-state index in [1.54, 1.807) is 4.90 Å². The van der Waals surface area contributed by atoms with Gasteiger partial charge < -0.3 is 9.64 Å². The van der Waals surface area contributed by atoms with Crippen LogP contribution in [0, 0.1) is 20.8 Å². The second-order valence-corrected chi connectivity index (χ2v) is 11.1. The molecular formula is C33H36ClN5O3. The Morgan fingerprint density at radius 2 is 1.67 bits per heavy atom. The van der Waals surface area contributed by atoms with E-state index in [4.69, 9.17) is 21.3 Å². The SMILES string of the molecule is Cc1ccc(C(=O)N(CCN2CCOCC2)CC(=O)Nc2nc(-c3ccc(Cl)cc3)cn2-c2ccc(C)c(C)c2)cc1. The molecule has 4 aromatic rings. The standard InChI is InChI=1S/C33H36ClN5O3/c1-23-4-7-27(8-5-23)32(41)38(15-14-37-16-18-42-19-17-37)22-31(40)36-33-35-30(26-9-11-28(34)12-10-26)21-39(33)29-13-6-24(2)25(3)20-29/h4-13,20-21H,14-19,22H2,1-3H3,(H,35,36,40). The highest BCUT2D eigenvalue weighted by Gasteiger charge is 2.22. The quantitative estimate of drug-likeness (QED) is 0.279. The first-order valence-corrected chi connectivity index (χ1v) is 14.5. The first-order chi connectivity index (χ1) is 20.3. The van der Waals surface area contributed by atoms with E-state index in [0.29, 0.717) is 48.5 Å². The number of carbonyl (C=O) groups is 2. The van der Waals surface area contributed by atoms with E-state index in [9.17, 15) is 9.59 Å². The minimum absolute atomic E-state index is 0.104. The molecule has 0 atom stereocenters. The molecule has 5 rings (SSSR count). The zero-order valence-corrected chi connectivity index (χ0v) is 25.0. The number of amides is 2. The third kappa shape index (κ3) is 7.26. The lowest BCUT2D eigenvalue weighted by Crippen LogP contribution is -2.45. The van der Waals surface area contributed by atoms with E-state index in [0.717, 1.165) is 35.5 Å². The normalized spacial score (nSPS) is 13.6. The molecule has 0 aliphatic carbocycles. The van der Waals surface area contributed by atoms with Gasteiger partial charge >= 0.3 is 0 Å². The minimum Gasteiger partial charge on any atom is -0.379 e. The van der Waals surface area contributed by atoms with E-state index < -0.39 is 0 Å². The topological polar surface area (TPSA) is 79.7 Å². The number of hydrogen-bond acceptors (Lipinski definition) is 5. The van der Waals surface area contributed by atoms with Crippen molar-refractivity contribution < 1.29 is 14.3 Å². The Bertz CT molecular complexity index is 1540. The summed E-state index contributed by atoms with van der Waals surface area (Å²) in [6.45, 7) is 10.0. The van der Waals surface area contributed by atoms with Crippen LogP contribution in [0.25, 0.3) is 16.9 Å². The van der Waals surface area contributed by atoms with Gasteiger partial charge in [0.1, 0.15) is 6.54 Å². The number of rotatable bonds is 9. The number of hydrogen-bond donors (Lipinski definition) is 1. The van der Waals surface area contributed by atoms with Gasteiger partial charge in [-0.1, -0.05) is 47.5 Å². The summed E-state index contributed by atoms with van der Waals surface area (Å²) in [5.41, 5.74) is 6.37. The van der Waals surface area contributed by atoms with Crippen molar-refractivity contribution in [2.45, 2.75) is 20.8 Å². The summed E-state index contributed by atoms with van der Waals surface area (Å²) in [5.74, 6) is -0.127. The van der Waals surface area contributed by atoms with Crippen LogP contribution in [0.2, 0.25) is 5.02 Å². The summed E-state index contributed by atoms with van der Waals surface area (Å²) in [6, 6.07) is 21.0. The van der Waals surface area contributed by atoms with Crippen molar-refractivity contribution in [1.29, 1.82) is 0 Å². The molecule has 1 N–H and O–H groups in total. The Hall–Kier alpha value is -3.98. The number of aryl methyl sites for hydroxylation is 3. The molecule has 42 heavy (non-hydrogen) atoms. The predicted molar refractivity (Wildman–Crippen MR) is 166 cm³/mol. The molecule has 0 unspecified atom stereocenters. The van der Waals surface area contributed by atoms with Crippen molar-refractivity contribution in [3.05, 3.63) is 100 Å². The lowest BCUT2D eigenvalue weighted by atomic mass is 10.1. The van der Waals surface area contributed by atoms with Crippen molar-refractivity contribution in [3.63, 3.8) is 0 Å². The molecule has 218 valence electrons. The van der Waals surface area contributed by atoms with E-state index in [2.05, 4.69) is 30.1 Å². The number of benzene rings is 3. The minimum atomic E-state index is -0.323. The van der Waals surface area contributed by atoms with Crippen LogP contribution in [0.1, 0.15) is 27.0 Å². The molecule has 1 saturated heterocycles. The Kier molecular flexibility index (Phi) is 9.37. The molecule has 0 radical (unpaired) electrons. The fourth-order valence-corrected chi connectivity index (χ4v) is 4.98. The Labute approximate surface area is 251 Å². The molecule has 0 saturated carbocycles. The Balaban J connectivity index is 1.40. The monoisotopic (exact) mass is 585 g/mol. The third-order valence-electron chi connectivity index (χ3n) is 7.58. The van der Waals surface area contributed by atoms with Gasteiger partial charge in [0.25, 0.3) is 5.91 Å².